The number of aryl methyl sites for hydroxylation is 1. The fraction of sp³-hybridized carbons (Fsp3) is 0.160. The lowest BCUT2D eigenvalue weighted by Gasteiger charge is -2.36. The first-order chi connectivity index (χ1) is 17.3. The Morgan fingerprint density at radius 2 is 1.72 bits per heavy atom. The van der Waals surface area contributed by atoms with Gasteiger partial charge in [0.05, 0.1) is 11.3 Å². The molecule has 2 aliphatic heterocycles. The predicted octanol–water partition coefficient (Wildman–Crippen LogP) is 3.21. The van der Waals surface area contributed by atoms with E-state index in [2.05, 4.69) is 33.6 Å². The molecule has 1 spiro atoms. The summed E-state index contributed by atoms with van der Waals surface area (Å²) in [5.41, 5.74) is 1.85. The normalized spacial score (nSPS) is 15.4. The second-order valence-electron chi connectivity index (χ2n) is 8.61. The first-order valence-corrected chi connectivity index (χ1v) is 11.6. The Morgan fingerprint density at radius 3 is 2.36 bits per heavy atom. The number of phenols is 2. The van der Waals surface area contributed by atoms with E-state index in [1.54, 1.807) is 36.0 Å². The zero-order chi connectivity index (χ0) is 25.0. The van der Waals surface area contributed by atoms with Gasteiger partial charge in [-0.2, -0.15) is 0 Å². The lowest BCUT2D eigenvalue weighted by Crippen LogP contribution is -2.33. The molecular formula is C25H21N5O5S. The van der Waals surface area contributed by atoms with Crippen molar-refractivity contribution in [2.24, 2.45) is 7.05 Å². The Bertz CT molecular complexity index is 1470. The summed E-state index contributed by atoms with van der Waals surface area (Å²) in [4.78, 5) is 13.1. The molecule has 0 bridgehead atoms. The second-order valence-corrected chi connectivity index (χ2v) is 9.12. The zero-order valence-electron chi connectivity index (χ0n) is 19.0. The van der Waals surface area contributed by atoms with Gasteiger partial charge in [-0.25, -0.2) is 4.79 Å². The van der Waals surface area contributed by atoms with Gasteiger partial charge in [-0.1, -0.05) is 5.21 Å². The fourth-order valence-corrected chi connectivity index (χ4v) is 4.92. The third-order valence-corrected chi connectivity index (χ3v) is 6.52. The number of rotatable bonds is 5. The van der Waals surface area contributed by atoms with Gasteiger partial charge in [0.25, 0.3) is 0 Å². The van der Waals surface area contributed by atoms with Gasteiger partial charge in [-0.05, 0) is 42.5 Å². The molecule has 11 heteroatoms. The number of benzene rings is 3. The van der Waals surface area contributed by atoms with Gasteiger partial charge in [0.15, 0.2) is 5.60 Å². The number of aromatic nitrogens is 3. The van der Waals surface area contributed by atoms with Crippen LogP contribution in [-0.2, 0) is 23.9 Å². The standard InChI is InChI=1S/C25H21N5O5S/c1-30-12-14(28-29-30)11-26-24(36)27-13-2-5-17-20(8-13)25(35-23(17)33)18-6-3-15(31)9-21(18)34-22-10-16(32)4-7-19(22)25/h2-10,12,24,26-27,31-32,36H,11H2,1H3. The summed E-state index contributed by atoms with van der Waals surface area (Å²) in [5, 5.41) is 34.6. The quantitative estimate of drug-likeness (QED) is 0.158. The van der Waals surface area contributed by atoms with Gasteiger partial charge in [-0.15, -0.1) is 17.7 Å². The van der Waals surface area contributed by atoms with Crippen molar-refractivity contribution in [3.63, 3.8) is 0 Å². The Labute approximate surface area is 210 Å². The largest absolute Gasteiger partial charge is 0.508 e. The number of carbonyl (C=O) groups is 1. The number of nitrogens with one attached hydrogen (secondary N) is 2. The predicted molar refractivity (Wildman–Crippen MR) is 132 cm³/mol. The summed E-state index contributed by atoms with van der Waals surface area (Å²) in [6.07, 6.45) is 1.81. The van der Waals surface area contributed by atoms with Crippen LogP contribution < -0.4 is 15.4 Å². The minimum absolute atomic E-state index is 0.000404. The minimum atomic E-state index is -1.33. The molecule has 0 amide bonds. The molecule has 182 valence electrons. The molecule has 0 fully saturated rings. The Kier molecular flexibility index (Phi) is 5.06. The molecule has 1 atom stereocenters. The molecule has 0 saturated carbocycles. The molecule has 0 radical (unpaired) electrons. The van der Waals surface area contributed by atoms with Crippen molar-refractivity contribution in [3.05, 3.63) is 88.7 Å². The van der Waals surface area contributed by atoms with Crippen LogP contribution >= 0.6 is 12.6 Å². The highest BCUT2D eigenvalue weighted by Crippen LogP contribution is 2.57. The van der Waals surface area contributed by atoms with Crippen LogP contribution in [0.1, 0.15) is 32.7 Å². The smallest absolute Gasteiger partial charge is 0.340 e. The van der Waals surface area contributed by atoms with E-state index in [1.165, 1.54) is 24.3 Å². The van der Waals surface area contributed by atoms with Gasteiger partial charge >= 0.3 is 5.97 Å². The Hall–Kier alpha value is -4.22. The first kappa shape index (κ1) is 22.3. The van der Waals surface area contributed by atoms with Crippen LogP contribution in [-0.4, -0.2) is 36.7 Å². The average molecular weight is 504 g/mol. The lowest BCUT2D eigenvalue weighted by molar-refractivity contribution is 0.0224. The van der Waals surface area contributed by atoms with Gasteiger partial charge in [0.1, 0.15) is 28.5 Å². The summed E-state index contributed by atoms with van der Waals surface area (Å²) in [6.45, 7) is 0.455. The number of nitrogens with zero attached hydrogens (tertiary/aromatic N) is 3. The van der Waals surface area contributed by atoms with Gasteiger partial charge in [-0.3, -0.25) is 10.00 Å². The van der Waals surface area contributed by atoms with Crippen LogP contribution in [0.5, 0.6) is 23.0 Å². The molecule has 0 aliphatic carbocycles. The van der Waals surface area contributed by atoms with Gasteiger partial charge in [0.2, 0.25) is 0 Å². The van der Waals surface area contributed by atoms with E-state index in [0.717, 1.165) is 5.69 Å². The molecule has 1 aromatic heterocycles. The van der Waals surface area contributed by atoms with Crippen LogP contribution in [0.15, 0.2) is 60.8 Å². The van der Waals surface area contributed by atoms with Gasteiger partial charge in [0, 0.05) is 54.3 Å². The molecule has 4 aromatic rings. The molecule has 1 unspecified atom stereocenters. The van der Waals surface area contributed by atoms with Crippen LogP contribution in [0.2, 0.25) is 0 Å². The molecule has 4 N–H and O–H groups in total. The van der Waals surface area contributed by atoms with Crippen molar-refractivity contribution in [2.75, 3.05) is 5.32 Å². The van der Waals surface area contributed by atoms with E-state index < -0.39 is 17.1 Å². The monoisotopic (exact) mass is 503 g/mol. The lowest BCUT2D eigenvalue weighted by atomic mass is 9.77. The third kappa shape index (κ3) is 3.51. The van der Waals surface area contributed by atoms with Crippen LogP contribution in [0.4, 0.5) is 5.69 Å². The summed E-state index contributed by atoms with van der Waals surface area (Å²) in [7, 11) is 1.80. The topological polar surface area (TPSA) is 131 Å². The van der Waals surface area contributed by atoms with E-state index in [4.69, 9.17) is 9.47 Å². The van der Waals surface area contributed by atoms with E-state index in [9.17, 15) is 15.0 Å². The minimum Gasteiger partial charge on any atom is -0.508 e. The number of phenolic OH excluding ortho intramolecular Hbond substituents is 2. The Morgan fingerprint density at radius 1 is 1.03 bits per heavy atom. The molecule has 2 aliphatic rings. The van der Waals surface area contributed by atoms with Crippen molar-refractivity contribution >= 4 is 24.3 Å². The molecule has 10 nitrogen and oxygen atoms in total. The molecular weight excluding hydrogens is 482 g/mol. The average Bonchev–Trinajstić information content (AvgIpc) is 3.38. The number of fused-ring (bicyclic) bond motifs is 6. The van der Waals surface area contributed by atoms with E-state index in [1.807, 2.05) is 12.3 Å². The third-order valence-electron chi connectivity index (χ3n) is 6.20. The van der Waals surface area contributed by atoms with Crippen molar-refractivity contribution in [1.29, 1.82) is 0 Å². The summed E-state index contributed by atoms with van der Waals surface area (Å²) in [6, 6.07) is 14.6. The van der Waals surface area contributed by atoms with Crippen LogP contribution in [0.25, 0.3) is 0 Å². The molecule has 3 aromatic carbocycles. The number of anilines is 1. The zero-order valence-corrected chi connectivity index (χ0v) is 19.9. The SMILES string of the molecule is Cn1cc(CNC(S)Nc2ccc3c(c2)C2(OC3=O)c3ccc(O)cc3Oc3cc(O)ccc32)nn1. The second kappa shape index (κ2) is 8.18. The fourth-order valence-electron chi connectivity index (χ4n) is 4.68. The van der Waals surface area contributed by atoms with Gasteiger partial charge < -0.3 is 25.0 Å². The van der Waals surface area contributed by atoms with Crippen molar-refractivity contribution in [3.8, 4) is 23.0 Å². The van der Waals surface area contributed by atoms with Crippen molar-refractivity contribution in [2.45, 2.75) is 17.6 Å². The van der Waals surface area contributed by atoms with Crippen molar-refractivity contribution in [1.82, 2.24) is 20.3 Å². The summed E-state index contributed by atoms with van der Waals surface area (Å²) in [5.74, 6) is 0.161. The maximum Gasteiger partial charge on any atom is 0.340 e. The van der Waals surface area contributed by atoms with Crippen molar-refractivity contribution < 1.29 is 24.5 Å². The number of esters is 1. The van der Waals surface area contributed by atoms with E-state index in [0.29, 0.717) is 46.0 Å². The number of hydrogen-bond acceptors (Lipinski definition) is 10. The molecule has 36 heavy (non-hydrogen) atoms. The molecule has 6 rings (SSSR count). The van der Waals surface area contributed by atoms with E-state index in [-0.39, 0.29) is 11.5 Å². The summed E-state index contributed by atoms with van der Waals surface area (Å²) >= 11 is 4.58. The molecule has 0 saturated heterocycles. The number of aromatic hydroxyl groups is 2. The van der Waals surface area contributed by atoms with Crippen LogP contribution in [0.3, 0.4) is 0 Å². The number of hydrogen-bond donors (Lipinski definition) is 5. The van der Waals surface area contributed by atoms with Crippen LogP contribution in [0, 0.1) is 0 Å². The maximum absolute atomic E-state index is 13.1. The summed E-state index contributed by atoms with van der Waals surface area (Å²) < 4.78 is 13.7. The highest BCUT2D eigenvalue weighted by molar-refractivity contribution is 7.81. The van der Waals surface area contributed by atoms with E-state index >= 15 is 0 Å². The highest BCUT2D eigenvalue weighted by Gasteiger charge is 2.53. The molecule has 3 heterocycles. The first-order valence-electron chi connectivity index (χ1n) is 11.1. The Balaban J connectivity index is 1.40. The highest BCUT2D eigenvalue weighted by atomic mass is 32.1. The maximum atomic E-state index is 13.1. The number of ether oxygens (including phenoxy) is 2. The number of thiol groups is 1. The number of carbonyl (C=O) groups excluding carboxylic acids is 1.